The van der Waals surface area contributed by atoms with Gasteiger partial charge in [0.25, 0.3) is 0 Å². The lowest BCUT2D eigenvalue weighted by Crippen LogP contribution is -2.48. The average Bonchev–Trinajstić information content (AvgIpc) is 3.27. The molecule has 0 bridgehead atoms. The predicted molar refractivity (Wildman–Crippen MR) is 105 cm³/mol. The zero-order valence-electron chi connectivity index (χ0n) is 16.0. The number of aryl methyl sites for hydroxylation is 1. The van der Waals surface area contributed by atoms with E-state index in [0.29, 0.717) is 6.54 Å². The molecule has 2 N–H and O–H groups in total. The molecule has 1 amide bonds. The Bertz CT molecular complexity index is 572. The molecule has 26 heavy (non-hydrogen) atoms. The molecule has 2 fully saturated rings. The fraction of sp³-hybridized carbons (Fsp3) is 0.789. The molecule has 2 aliphatic rings. The number of hydrogen-bond acceptors (Lipinski definition) is 4. The Balaban J connectivity index is 0.00000243. The molecule has 2 atom stereocenters. The SMILES string of the molecule is CCCOC1(CNC(=O)[C@H]2CNC[C@@H]2c2cnn(C)c2)CCCCC1.Cl. The number of hydrogen-bond donors (Lipinski definition) is 2. The van der Waals surface area contributed by atoms with Gasteiger partial charge in [0, 0.05) is 45.4 Å². The first kappa shape index (κ1) is 21.2. The van der Waals surface area contributed by atoms with Crippen LogP contribution in [0.15, 0.2) is 12.4 Å². The van der Waals surface area contributed by atoms with E-state index < -0.39 is 0 Å². The normalized spacial score (nSPS) is 24.8. The molecule has 1 saturated heterocycles. The Morgan fingerprint density at radius 1 is 1.38 bits per heavy atom. The van der Waals surface area contributed by atoms with Crippen molar-refractivity contribution in [1.29, 1.82) is 0 Å². The van der Waals surface area contributed by atoms with Crippen molar-refractivity contribution in [3.05, 3.63) is 18.0 Å². The van der Waals surface area contributed by atoms with E-state index >= 15 is 0 Å². The van der Waals surface area contributed by atoms with Crippen molar-refractivity contribution >= 4 is 18.3 Å². The number of carbonyl (C=O) groups is 1. The molecule has 148 valence electrons. The van der Waals surface area contributed by atoms with E-state index in [1.807, 2.05) is 19.4 Å². The van der Waals surface area contributed by atoms with Crippen LogP contribution in [0.25, 0.3) is 0 Å². The second kappa shape index (κ2) is 9.72. The van der Waals surface area contributed by atoms with E-state index in [0.717, 1.165) is 44.5 Å². The molecule has 1 aliphatic heterocycles. The smallest absolute Gasteiger partial charge is 0.225 e. The molecule has 1 aromatic rings. The maximum absolute atomic E-state index is 12.9. The van der Waals surface area contributed by atoms with E-state index in [1.54, 1.807) is 4.68 Å². The summed E-state index contributed by atoms with van der Waals surface area (Å²) in [5.74, 6) is 0.312. The van der Waals surface area contributed by atoms with E-state index in [-0.39, 0.29) is 35.8 Å². The summed E-state index contributed by atoms with van der Waals surface area (Å²) in [6.07, 6.45) is 10.7. The third-order valence-electron chi connectivity index (χ3n) is 5.67. The fourth-order valence-electron chi connectivity index (χ4n) is 4.20. The summed E-state index contributed by atoms with van der Waals surface area (Å²) in [7, 11) is 1.92. The highest BCUT2D eigenvalue weighted by molar-refractivity contribution is 5.85. The van der Waals surface area contributed by atoms with Gasteiger partial charge in [-0.25, -0.2) is 0 Å². The van der Waals surface area contributed by atoms with Crippen LogP contribution in [-0.4, -0.2) is 47.5 Å². The van der Waals surface area contributed by atoms with Crippen LogP contribution >= 0.6 is 12.4 Å². The number of carbonyl (C=O) groups excluding carboxylic acids is 1. The Morgan fingerprint density at radius 2 is 2.15 bits per heavy atom. The summed E-state index contributed by atoms with van der Waals surface area (Å²) in [6, 6.07) is 0. The second-order valence-corrected chi connectivity index (χ2v) is 7.63. The Labute approximate surface area is 162 Å². The van der Waals surface area contributed by atoms with E-state index in [4.69, 9.17) is 4.74 Å². The van der Waals surface area contributed by atoms with Crippen LogP contribution in [0.1, 0.15) is 56.9 Å². The van der Waals surface area contributed by atoms with Crippen molar-refractivity contribution in [2.45, 2.75) is 57.0 Å². The largest absolute Gasteiger partial charge is 0.373 e. The maximum Gasteiger partial charge on any atom is 0.225 e. The summed E-state index contributed by atoms with van der Waals surface area (Å²) in [6.45, 7) is 5.12. The molecule has 0 aromatic carbocycles. The lowest BCUT2D eigenvalue weighted by atomic mass is 9.84. The third kappa shape index (κ3) is 4.99. The Kier molecular flexibility index (Phi) is 7.92. The third-order valence-corrected chi connectivity index (χ3v) is 5.67. The van der Waals surface area contributed by atoms with Crippen LogP contribution in [0.2, 0.25) is 0 Å². The molecule has 0 spiro atoms. The van der Waals surface area contributed by atoms with Gasteiger partial charge in [-0.1, -0.05) is 26.2 Å². The minimum Gasteiger partial charge on any atom is -0.373 e. The van der Waals surface area contributed by atoms with Crippen LogP contribution in [-0.2, 0) is 16.6 Å². The summed E-state index contributed by atoms with van der Waals surface area (Å²) in [5, 5.41) is 10.8. The first-order chi connectivity index (χ1) is 12.1. The number of rotatable bonds is 7. The lowest BCUT2D eigenvalue weighted by Gasteiger charge is -2.37. The number of nitrogens with one attached hydrogen (secondary N) is 2. The van der Waals surface area contributed by atoms with E-state index in [1.165, 1.54) is 19.3 Å². The summed E-state index contributed by atoms with van der Waals surface area (Å²) < 4.78 is 8.01. The number of ether oxygens (including phenoxy) is 1. The standard InChI is InChI=1S/C19H32N4O2.ClH/c1-3-9-25-19(7-5-4-6-8-19)14-21-18(24)17-12-20-11-16(17)15-10-22-23(2)13-15;/h10,13,16-17,20H,3-9,11-12,14H2,1-2H3,(H,21,24);1H/t16-,17+;/m1./s1. The number of nitrogens with zero attached hydrogens (tertiary/aromatic N) is 2. The molecular weight excluding hydrogens is 352 g/mol. The van der Waals surface area contributed by atoms with Crippen molar-refractivity contribution in [3.8, 4) is 0 Å². The zero-order chi connectivity index (χ0) is 17.7. The molecule has 7 heteroatoms. The minimum absolute atomic E-state index is 0. The van der Waals surface area contributed by atoms with Gasteiger partial charge in [0.15, 0.2) is 0 Å². The molecule has 1 saturated carbocycles. The number of amides is 1. The van der Waals surface area contributed by atoms with Gasteiger partial charge in [0.2, 0.25) is 5.91 Å². The molecule has 2 heterocycles. The van der Waals surface area contributed by atoms with Gasteiger partial charge < -0.3 is 15.4 Å². The average molecular weight is 385 g/mol. The summed E-state index contributed by atoms with van der Waals surface area (Å²) in [5.41, 5.74) is 0.988. The van der Waals surface area contributed by atoms with Gasteiger partial charge in [-0.2, -0.15) is 5.10 Å². The second-order valence-electron chi connectivity index (χ2n) is 7.63. The van der Waals surface area contributed by atoms with Gasteiger partial charge in [-0.15, -0.1) is 12.4 Å². The van der Waals surface area contributed by atoms with Crippen LogP contribution in [0.5, 0.6) is 0 Å². The van der Waals surface area contributed by atoms with Crippen molar-refractivity contribution in [2.75, 3.05) is 26.2 Å². The molecule has 3 rings (SSSR count). The van der Waals surface area contributed by atoms with Crippen LogP contribution in [0, 0.1) is 5.92 Å². The zero-order valence-corrected chi connectivity index (χ0v) is 16.8. The van der Waals surface area contributed by atoms with Gasteiger partial charge in [0.05, 0.1) is 17.7 Å². The van der Waals surface area contributed by atoms with Crippen molar-refractivity contribution in [3.63, 3.8) is 0 Å². The van der Waals surface area contributed by atoms with Gasteiger partial charge >= 0.3 is 0 Å². The van der Waals surface area contributed by atoms with Gasteiger partial charge in [-0.05, 0) is 24.8 Å². The highest BCUT2D eigenvalue weighted by Crippen LogP contribution is 2.32. The first-order valence-electron chi connectivity index (χ1n) is 9.74. The molecule has 0 radical (unpaired) electrons. The number of halogens is 1. The molecular formula is C19H33ClN4O2. The number of aromatic nitrogens is 2. The lowest BCUT2D eigenvalue weighted by molar-refractivity contribution is -0.128. The highest BCUT2D eigenvalue weighted by Gasteiger charge is 2.37. The topological polar surface area (TPSA) is 68.2 Å². The summed E-state index contributed by atoms with van der Waals surface area (Å²) in [4.78, 5) is 12.9. The molecule has 6 nitrogen and oxygen atoms in total. The fourth-order valence-corrected chi connectivity index (χ4v) is 4.20. The van der Waals surface area contributed by atoms with Crippen molar-refractivity contribution in [2.24, 2.45) is 13.0 Å². The predicted octanol–water partition coefficient (Wildman–Crippen LogP) is 2.39. The Hall–Kier alpha value is -1.11. The maximum atomic E-state index is 12.9. The quantitative estimate of drug-likeness (QED) is 0.757. The highest BCUT2D eigenvalue weighted by atomic mass is 35.5. The van der Waals surface area contributed by atoms with Gasteiger partial charge in [0.1, 0.15) is 0 Å². The van der Waals surface area contributed by atoms with Crippen molar-refractivity contribution < 1.29 is 9.53 Å². The molecule has 0 unspecified atom stereocenters. The molecule has 1 aliphatic carbocycles. The van der Waals surface area contributed by atoms with Crippen LogP contribution in [0.4, 0.5) is 0 Å². The van der Waals surface area contributed by atoms with E-state index in [9.17, 15) is 4.79 Å². The molecule has 1 aromatic heterocycles. The van der Waals surface area contributed by atoms with Crippen LogP contribution < -0.4 is 10.6 Å². The van der Waals surface area contributed by atoms with Gasteiger partial charge in [-0.3, -0.25) is 9.48 Å². The minimum atomic E-state index is -0.153. The summed E-state index contributed by atoms with van der Waals surface area (Å²) >= 11 is 0. The van der Waals surface area contributed by atoms with E-state index in [2.05, 4.69) is 22.7 Å². The van der Waals surface area contributed by atoms with Crippen molar-refractivity contribution in [1.82, 2.24) is 20.4 Å². The first-order valence-corrected chi connectivity index (χ1v) is 9.74. The van der Waals surface area contributed by atoms with Crippen LogP contribution in [0.3, 0.4) is 0 Å². The Morgan fingerprint density at radius 3 is 2.81 bits per heavy atom. The monoisotopic (exact) mass is 384 g/mol.